The second-order valence-corrected chi connectivity index (χ2v) is 3.51. The maximum Gasteiger partial charge on any atom is 0.341 e. The zero-order valence-electron chi connectivity index (χ0n) is 9.11. The molecule has 1 heterocycles. The molecule has 0 aliphatic carbocycles. The van der Waals surface area contributed by atoms with Crippen molar-refractivity contribution in [3.63, 3.8) is 0 Å². The minimum Gasteiger partial charge on any atom is -0.460 e. The lowest BCUT2D eigenvalue weighted by molar-refractivity contribution is 0.0318. The van der Waals surface area contributed by atoms with E-state index in [1.54, 1.807) is 6.07 Å². The van der Waals surface area contributed by atoms with Gasteiger partial charge in [-0.25, -0.2) is 4.79 Å². The lowest BCUT2D eigenvalue weighted by Crippen LogP contribution is -2.11. The Kier molecular flexibility index (Phi) is 5.82. The Balaban J connectivity index is 2.33. The molecule has 0 radical (unpaired) electrons. The van der Waals surface area contributed by atoms with Crippen LogP contribution in [0.5, 0.6) is 0 Å². The third-order valence-electron chi connectivity index (χ3n) is 1.80. The van der Waals surface area contributed by atoms with Crippen LogP contribution in [0.15, 0.2) is 18.5 Å². The molecule has 5 heteroatoms. The van der Waals surface area contributed by atoms with Crippen molar-refractivity contribution in [1.82, 2.24) is 4.98 Å². The molecule has 0 saturated carbocycles. The van der Waals surface area contributed by atoms with Crippen molar-refractivity contribution in [3.8, 4) is 0 Å². The van der Waals surface area contributed by atoms with Gasteiger partial charge in [-0.1, -0.05) is 18.5 Å². The van der Waals surface area contributed by atoms with Crippen LogP contribution in [0.1, 0.15) is 23.7 Å². The second-order valence-electron chi connectivity index (χ2n) is 3.10. The summed E-state index contributed by atoms with van der Waals surface area (Å²) in [6.07, 6.45) is 3.85. The van der Waals surface area contributed by atoms with E-state index < -0.39 is 5.97 Å². The molecule has 1 aromatic rings. The highest BCUT2D eigenvalue weighted by Crippen LogP contribution is 2.14. The molecule has 0 aliphatic rings. The number of nitrogens with zero attached hydrogens (tertiary/aromatic N) is 1. The predicted molar refractivity (Wildman–Crippen MR) is 60.6 cm³/mol. The third-order valence-corrected chi connectivity index (χ3v) is 2.13. The van der Waals surface area contributed by atoms with Gasteiger partial charge in [0.05, 0.1) is 17.2 Å². The summed E-state index contributed by atoms with van der Waals surface area (Å²) in [7, 11) is 0. The zero-order valence-corrected chi connectivity index (χ0v) is 9.87. The van der Waals surface area contributed by atoms with Crippen molar-refractivity contribution in [3.05, 3.63) is 29.0 Å². The third kappa shape index (κ3) is 4.16. The van der Waals surface area contributed by atoms with E-state index in [0.29, 0.717) is 18.2 Å². The molecular formula is C11H14ClNO3. The number of esters is 1. The summed E-state index contributed by atoms with van der Waals surface area (Å²) in [4.78, 5) is 15.3. The van der Waals surface area contributed by atoms with Crippen molar-refractivity contribution < 1.29 is 14.3 Å². The van der Waals surface area contributed by atoms with E-state index in [1.165, 1.54) is 12.4 Å². The predicted octanol–water partition coefficient (Wildman–Crippen LogP) is 2.32. The van der Waals surface area contributed by atoms with E-state index in [9.17, 15) is 4.79 Å². The van der Waals surface area contributed by atoms with E-state index >= 15 is 0 Å². The Morgan fingerprint density at radius 3 is 2.94 bits per heavy atom. The van der Waals surface area contributed by atoms with Crippen LogP contribution in [0.3, 0.4) is 0 Å². The van der Waals surface area contributed by atoms with E-state index in [1.807, 2.05) is 6.92 Å². The number of halogens is 1. The van der Waals surface area contributed by atoms with Crippen LogP contribution in [-0.2, 0) is 9.47 Å². The molecule has 0 saturated heterocycles. The lowest BCUT2D eigenvalue weighted by atomic mass is 10.3. The van der Waals surface area contributed by atoms with Crippen molar-refractivity contribution in [2.24, 2.45) is 0 Å². The van der Waals surface area contributed by atoms with Gasteiger partial charge in [0.15, 0.2) is 0 Å². The van der Waals surface area contributed by atoms with Gasteiger partial charge in [0.1, 0.15) is 6.61 Å². The highest BCUT2D eigenvalue weighted by molar-refractivity contribution is 6.33. The molecule has 4 nitrogen and oxygen atoms in total. The average Bonchev–Trinajstić information content (AvgIpc) is 2.29. The van der Waals surface area contributed by atoms with Gasteiger partial charge in [0.2, 0.25) is 0 Å². The van der Waals surface area contributed by atoms with E-state index in [-0.39, 0.29) is 12.2 Å². The van der Waals surface area contributed by atoms with Gasteiger partial charge in [-0.2, -0.15) is 0 Å². The summed E-state index contributed by atoms with van der Waals surface area (Å²) < 4.78 is 10.1. The SMILES string of the molecule is CCCOCCOC(=O)c1cnccc1Cl. The molecule has 16 heavy (non-hydrogen) atoms. The minimum atomic E-state index is -0.474. The molecule has 0 N–H and O–H groups in total. The van der Waals surface area contributed by atoms with Crippen LogP contribution >= 0.6 is 11.6 Å². The van der Waals surface area contributed by atoms with Gasteiger partial charge in [-0.3, -0.25) is 4.98 Å². The summed E-state index contributed by atoms with van der Waals surface area (Å²) in [6, 6.07) is 1.55. The van der Waals surface area contributed by atoms with E-state index in [4.69, 9.17) is 21.1 Å². The molecule has 0 spiro atoms. The quantitative estimate of drug-likeness (QED) is 0.568. The Bertz CT molecular complexity index is 344. The number of hydrogen-bond acceptors (Lipinski definition) is 4. The van der Waals surface area contributed by atoms with Gasteiger partial charge >= 0.3 is 5.97 Å². The Morgan fingerprint density at radius 2 is 2.25 bits per heavy atom. The van der Waals surface area contributed by atoms with Crippen LogP contribution in [0.4, 0.5) is 0 Å². The first-order valence-corrected chi connectivity index (χ1v) is 5.48. The molecule has 0 amide bonds. The van der Waals surface area contributed by atoms with Gasteiger partial charge in [-0.05, 0) is 12.5 Å². The number of carbonyl (C=O) groups excluding carboxylic acids is 1. The van der Waals surface area contributed by atoms with Crippen LogP contribution in [0.2, 0.25) is 5.02 Å². The number of pyridine rings is 1. The van der Waals surface area contributed by atoms with Crippen LogP contribution in [0.25, 0.3) is 0 Å². The highest BCUT2D eigenvalue weighted by Gasteiger charge is 2.11. The number of ether oxygens (including phenoxy) is 2. The summed E-state index contributed by atoms with van der Waals surface area (Å²) in [5.41, 5.74) is 0.277. The van der Waals surface area contributed by atoms with Crippen molar-refractivity contribution in [2.45, 2.75) is 13.3 Å². The molecule has 0 unspecified atom stereocenters. The molecule has 0 aliphatic heterocycles. The normalized spacial score (nSPS) is 10.1. The number of hydrogen-bond donors (Lipinski definition) is 0. The number of rotatable bonds is 6. The molecule has 0 bridgehead atoms. The maximum absolute atomic E-state index is 11.5. The smallest absolute Gasteiger partial charge is 0.341 e. The number of aromatic nitrogens is 1. The Labute approximate surface area is 99.5 Å². The van der Waals surface area contributed by atoms with Crippen molar-refractivity contribution in [2.75, 3.05) is 19.8 Å². The van der Waals surface area contributed by atoms with Crippen molar-refractivity contribution >= 4 is 17.6 Å². The summed E-state index contributed by atoms with van der Waals surface area (Å²) in [6.45, 7) is 3.31. The molecule has 0 fully saturated rings. The van der Waals surface area contributed by atoms with Crippen LogP contribution in [-0.4, -0.2) is 30.8 Å². The highest BCUT2D eigenvalue weighted by atomic mass is 35.5. The first kappa shape index (κ1) is 12.9. The molecule has 1 aromatic heterocycles. The molecule has 1 rings (SSSR count). The van der Waals surface area contributed by atoms with Crippen molar-refractivity contribution in [1.29, 1.82) is 0 Å². The Hall–Kier alpha value is -1.13. The van der Waals surface area contributed by atoms with Gasteiger partial charge in [0.25, 0.3) is 0 Å². The zero-order chi connectivity index (χ0) is 11.8. The topological polar surface area (TPSA) is 48.4 Å². The van der Waals surface area contributed by atoms with Gasteiger partial charge in [-0.15, -0.1) is 0 Å². The second kappa shape index (κ2) is 7.19. The summed E-state index contributed by atoms with van der Waals surface area (Å²) in [5.74, 6) is -0.474. The fraction of sp³-hybridized carbons (Fsp3) is 0.455. The monoisotopic (exact) mass is 243 g/mol. The fourth-order valence-electron chi connectivity index (χ4n) is 1.05. The van der Waals surface area contributed by atoms with Gasteiger partial charge < -0.3 is 9.47 Å². The largest absolute Gasteiger partial charge is 0.460 e. The lowest BCUT2D eigenvalue weighted by Gasteiger charge is -2.05. The van der Waals surface area contributed by atoms with E-state index in [2.05, 4.69) is 4.98 Å². The van der Waals surface area contributed by atoms with Crippen LogP contribution in [0, 0.1) is 0 Å². The van der Waals surface area contributed by atoms with Crippen LogP contribution < -0.4 is 0 Å². The number of carbonyl (C=O) groups is 1. The summed E-state index contributed by atoms with van der Waals surface area (Å²) in [5, 5.41) is 0.342. The first-order chi connectivity index (χ1) is 7.75. The molecule has 0 aromatic carbocycles. The van der Waals surface area contributed by atoms with Gasteiger partial charge in [0, 0.05) is 19.0 Å². The molecular weight excluding hydrogens is 230 g/mol. The summed E-state index contributed by atoms with van der Waals surface area (Å²) >= 11 is 5.81. The molecule has 0 atom stereocenters. The molecule has 88 valence electrons. The fourth-order valence-corrected chi connectivity index (χ4v) is 1.23. The Morgan fingerprint density at radius 1 is 1.44 bits per heavy atom. The minimum absolute atomic E-state index is 0.226. The average molecular weight is 244 g/mol. The first-order valence-electron chi connectivity index (χ1n) is 5.10. The maximum atomic E-state index is 11.5. The van der Waals surface area contributed by atoms with E-state index in [0.717, 1.165) is 6.42 Å². The standard InChI is InChI=1S/C11H14ClNO3/c1-2-5-15-6-7-16-11(14)9-8-13-4-3-10(9)12/h3-4,8H,2,5-7H2,1H3.